The fourth-order valence-corrected chi connectivity index (χ4v) is 5.77. The summed E-state index contributed by atoms with van der Waals surface area (Å²) >= 11 is 0. The molecule has 0 radical (unpaired) electrons. The normalized spacial score (nSPS) is 13.2. The highest BCUT2D eigenvalue weighted by atomic mass is 32.2. The lowest BCUT2D eigenvalue weighted by Crippen LogP contribution is -2.49. The minimum absolute atomic E-state index is 0.0786. The highest BCUT2D eigenvalue weighted by Crippen LogP contribution is 2.23. The van der Waals surface area contributed by atoms with Gasteiger partial charge in [0.2, 0.25) is 10.0 Å². The molecule has 0 saturated heterocycles. The monoisotopic (exact) mass is 672 g/mol. The van der Waals surface area contributed by atoms with E-state index in [1.807, 2.05) is 91.9 Å². The number of carbonyl (C=O) groups excluding carboxylic acids is 2. The first-order chi connectivity index (χ1) is 23.0. The quantitative estimate of drug-likeness (QED) is 0.132. The van der Waals surface area contributed by atoms with Crippen LogP contribution in [0.3, 0.4) is 0 Å². The van der Waals surface area contributed by atoms with Crippen molar-refractivity contribution in [2.45, 2.75) is 38.0 Å². The van der Waals surface area contributed by atoms with Crippen LogP contribution in [0.25, 0.3) is 0 Å². The zero-order valence-electron chi connectivity index (χ0n) is 27.7. The Morgan fingerprint density at radius 3 is 2.06 bits per heavy atom. The smallest absolute Gasteiger partial charge is 0.251 e. The van der Waals surface area contributed by atoms with Gasteiger partial charge in [0.25, 0.3) is 11.8 Å². The molecule has 2 amide bonds. The van der Waals surface area contributed by atoms with Gasteiger partial charge >= 0.3 is 0 Å². The Bertz CT molecular complexity index is 1770. The molecule has 4 aromatic carbocycles. The number of benzene rings is 4. The molecule has 3 atom stereocenters. The first-order valence-electron chi connectivity index (χ1n) is 15.8. The van der Waals surface area contributed by atoms with Gasteiger partial charge in [0.05, 0.1) is 37.2 Å². The summed E-state index contributed by atoms with van der Waals surface area (Å²) in [6.07, 6.45) is 1.10. The van der Waals surface area contributed by atoms with Crippen molar-refractivity contribution >= 4 is 27.5 Å². The number of hydrogen-bond acceptors (Lipinski definition) is 7. The second-order valence-electron chi connectivity index (χ2n) is 11.7. The molecule has 0 spiro atoms. The van der Waals surface area contributed by atoms with Crippen molar-refractivity contribution in [1.82, 2.24) is 16.0 Å². The number of amides is 2. The largest absolute Gasteiger partial charge is 0.496 e. The van der Waals surface area contributed by atoms with Crippen LogP contribution in [0.2, 0.25) is 0 Å². The van der Waals surface area contributed by atoms with Crippen LogP contribution in [0.5, 0.6) is 5.75 Å². The molecule has 4 rings (SSSR count). The van der Waals surface area contributed by atoms with Crippen LogP contribution < -0.4 is 25.0 Å². The van der Waals surface area contributed by atoms with Gasteiger partial charge < -0.3 is 25.8 Å². The molecular formula is C37H44N4O6S. The number of anilines is 1. The number of hydrogen-bond donors (Lipinski definition) is 4. The highest BCUT2D eigenvalue weighted by molar-refractivity contribution is 7.92. The molecule has 254 valence electrons. The minimum Gasteiger partial charge on any atom is -0.496 e. The van der Waals surface area contributed by atoms with Gasteiger partial charge in [0, 0.05) is 24.7 Å². The Hall–Kier alpha value is -4.71. The lowest BCUT2D eigenvalue weighted by Gasteiger charge is -2.26. The molecule has 0 aliphatic rings. The third-order valence-electron chi connectivity index (χ3n) is 8.15. The Labute approximate surface area is 283 Å². The molecule has 0 aliphatic heterocycles. The summed E-state index contributed by atoms with van der Waals surface area (Å²) in [6.45, 7) is 2.62. The molecule has 4 aromatic rings. The zero-order valence-corrected chi connectivity index (χ0v) is 28.5. The molecule has 0 aliphatic carbocycles. The van der Waals surface area contributed by atoms with Crippen molar-refractivity contribution in [2.75, 3.05) is 37.8 Å². The number of methoxy groups -OCH3 is 1. The van der Waals surface area contributed by atoms with Crippen LogP contribution >= 0.6 is 0 Å². The summed E-state index contributed by atoms with van der Waals surface area (Å²) < 4.78 is 31.4. The van der Waals surface area contributed by atoms with Crippen LogP contribution in [0.1, 0.15) is 50.4 Å². The summed E-state index contributed by atoms with van der Waals surface area (Å²) in [5.74, 6) is -0.234. The Balaban J connectivity index is 1.55. The third kappa shape index (κ3) is 10.1. The van der Waals surface area contributed by atoms with Gasteiger partial charge in [-0.2, -0.15) is 0 Å². The molecule has 11 heteroatoms. The summed E-state index contributed by atoms with van der Waals surface area (Å²) in [5, 5.41) is 20.5. The average Bonchev–Trinajstić information content (AvgIpc) is 3.09. The molecular weight excluding hydrogens is 628 g/mol. The van der Waals surface area contributed by atoms with Gasteiger partial charge in [-0.3, -0.25) is 13.9 Å². The summed E-state index contributed by atoms with van der Waals surface area (Å²) in [4.78, 5) is 27.2. The first-order valence-corrected chi connectivity index (χ1v) is 17.6. The van der Waals surface area contributed by atoms with Crippen LogP contribution in [-0.4, -0.2) is 71.0 Å². The molecule has 10 nitrogen and oxygen atoms in total. The van der Waals surface area contributed by atoms with Gasteiger partial charge in [-0.05, 0) is 67.3 Å². The number of sulfonamides is 1. The maximum atomic E-state index is 13.8. The van der Waals surface area contributed by atoms with E-state index >= 15 is 0 Å². The topological polar surface area (TPSA) is 137 Å². The lowest BCUT2D eigenvalue weighted by molar-refractivity contribution is 0.0831. The molecule has 0 aromatic heterocycles. The Morgan fingerprint density at radius 1 is 0.854 bits per heavy atom. The van der Waals surface area contributed by atoms with Gasteiger partial charge in [-0.1, -0.05) is 78.9 Å². The maximum Gasteiger partial charge on any atom is 0.251 e. The SMILES string of the molecule is COc1ccccc1CCNCC(O)C(Cc1ccccc1)NC(=O)c1cc(C(=O)NC(C)c2ccccc2)cc(N(C)S(C)(=O)=O)c1. The molecule has 3 unspecified atom stereocenters. The van der Waals surface area contributed by atoms with Crippen molar-refractivity contribution in [1.29, 1.82) is 0 Å². The summed E-state index contributed by atoms with van der Waals surface area (Å²) in [6, 6.07) is 29.9. The van der Waals surface area contributed by atoms with Gasteiger partial charge in [0.1, 0.15) is 5.75 Å². The van der Waals surface area contributed by atoms with E-state index < -0.39 is 34.0 Å². The molecule has 48 heavy (non-hydrogen) atoms. The van der Waals surface area contributed by atoms with E-state index in [0.29, 0.717) is 19.4 Å². The molecule has 0 fully saturated rings. The molecule has 0 saturated carbocycles. The summed E-state index contributed by atoms with van der Waals surface area (Å²) in [5.41, 5.74) is 3.19. The number of ether oxygens (including phenoxy) is 1. The van der Waals surface area contributed by atoms with E-state index in [-0.39, 0.29) is 29.4 Å². The lowest BCUT2D eigenvalue weighted by atomic mass is 10.00. The molecule has 0 heterocycles. The van der Waals surface area contributed by atoms with Crippen molar-refractivity contribution in [3.8, 4) is 5.75 Å². The zero-order chi connectivity index (χ0) is 34.7. The fourth-order valence-electron chi connectivity index (χ4n) is 5.28. The summed E-state index contributed by atoms with van der Waals surface area (Å²) in [7, 11) is -0.720. The van der Waals surface area contributed by atoms with E-state index in [1.54, 1.807) is 7.11 Å². The van der Waals surface area contributed by atoms with Crippen molar-refractivity contribution < 1.29 is 27.9 Å². The first kappa shape index (κ1) is 36.1. The van der Waals surface area contributed by atoms with Crippen LogP contribution in [-0.2, 0) is 22.9 Å². The molecule has 0 bridgehead atoms. The van der Waals surface area contributed by atoms with Crippen molar-refractivity contribution in [2.24, 2.45) is 0 Å². The minimum atomic E-state index is -3.71. The number of aliphatic hydroxyl groups excluding tert-OH is 1. The predicted molar refractivity (Wildman–Crippen MR) is 189 cm³/mol. The number of aliphatic hydroxyl groups is 1. The third-order valence-corrected chi connectivity index (χ3v) is 9.35. The fraction of sp³-hybridized carbons (Fsp3) is 0.297. The van der Waals surface area contributed by atoms with E-state index in [1.165, 1.54) is 25.2 Å². The number of carbonyl (C=O) groups is 2. The van der Waals surface area contributed by atoms with E-state index in [0.717, 1.165) is 33.0 Å². The number of para-hydroxylation sites is 1. The number of nitrogens with zero attached hydrogens (tertiary/aromatic N) is 1. The van der Waals surface area contributed by atoms with Gasteiger partial charge in [0.15, 0.2) is 0 Å². The van der Waals surface area contributed by atoms with Gasteiger partial charge in [-0.25, -0.2) is 8.42 Å². The van der Waals surface area contributed by atoms with E-state index in [9.17, 15) is 23.1 Å². The Kier molecular flexibility index (Phi) is 12.7. The van der Waals surface area contributed by atoms with Crippen LogP contribution in [0.15, 0.2) is 103 Å². The standard InChI is InChI=1S/C37H44N4O6S/c1-26(28-15-9-6-10-16-28)39-36(43)30-22-31(24-32(23-30)41(2)48(4,45)46)37(44)40-33(21-27-13-7-5-8-14-27)34(42)25-38-20-19-29-17-11-12-18-35(29)47-3/h5-18,22-24,26,33-34,38,42H,19-21,25H2,1-4H3,(H,39,43)(H,40,44). The Morgan fingerprint density at radius 2 is 1.44 bits per heavy atom. The van der Waals surface area contributed by atoms with Crippen LogP contribution in [0.4, 0.5) is 5.69 Å². The average molecular weight is 673 g/mol. The maximum absolute atomic E-state index is 13.8. The highest BCUT2D eigenvalue weighted by Gasteiger charge is 2.25. The van der Waals surface area contributed by atoms with Crippen molar-refractivity contribution in [3.63, 3.8) is 0 Å². The second-order valence-corrected chi connectivity index (χ2v) is 13.7. The number of rotatable bonds is 16. The predicted octanol–water partition coefficient (Wildman–Crippen LogP) is 4.12. The van der Waals surface area contributed by atoms with Crippen molar-refractivity contribution in [3.05, 3.63) is 131 Å². The number of nitrogens with one attached hydrogen (secondary N) is 3. The second kappa shape index (κ2) is 16.9. The van der Waals surface area contributed by atoms with E-state index in [2.05, 4.69) is 16.0 Å². The van der Waals surface area contributed by atoms with Crippen LogP contribution in [0, 0.1) is 0 Å². The molecule has 4 N–H and O–H groups in total. The van der Waals surface area contributed by atoms with Gasteiger partial charge in [-0.15, -0.1) is 0 Å². The van der Waals surface area contributed by atoms with E-state index in [4.69, 9.17) is 4.74 Å².